The highest BCUT2D eigenvalue weighted by Gasteiger charge is 2.14. The molecule has 0 aromatic heterocycles. The fourth-order valence-electron chi connectivity index (χ4n) is 3.03. The number of ether oxygens (including phenoxy) is 2. The first-order valence-electron chi connectivity index (χ1n) is 8.59. The van der Waals surface area contributed by atoms with E-state index in [1.54, 1.807) is 0 Å². The molecule has 138 valence electrons. The third kappa shape index (κ3) is 4.21. The Balaban J connectivity index is 1.66. The molecule has 6 nitrogen and oxygen atoms in total. The van der Waals surface area contributed by atoms with Crippen molar-refractivity contribution in [2.45, 2.75) is 27.3 Å². The fraction of sp³-hybridized carbons (Fsp3) is 0.238. The van der Waals surface area contributed by atoms with E-state index < -0.39 is 5.91 Å². The summed E-state index contributed by atoms with van der Waals surface area (Å²) >= 11 is 0. The van der Waals surface area contributed by atoms with E-state index in [9.17, 15) is 10.1 Å². The third-order valence-corrected chi connectivity index (χ3v) is 4.27. The maximum atomic E-state index is 12.5. The van der Waals surface area contributed by atoms with Crippen LogP contribution in [0.5, 0.6) is 11.5 Å². The Kier molecular flexibility index (Phi) is 5.32. The number of aryl methyl sites for hydroxylation is 3. The molecular weight excluding hydrogens is 342 g/mol. The van der Waals surface area contributed by atoms with Crippen LogP contribution < -0.4 is 20.1 Å². The second kappa shape index (κ2) is 7.83. The minimum atomic E-state index is -0.439. The van der Waals surface area contributed by atoms with E-state index in [0.717, 1.165) is 33.7 Å². The van der Waals surface area contributed by atoms with Crippen molar-refractivity contribution in [3.63, 3.8) is 0 Å². The highest BCUT2D eigenvalue weighted by Crippen LogP contribution is 2.32. The predicted octanol–water partition coefficient (Wildman–Crippen LogP) is 3.48. The highest BCUT2D eigenvalue weighted by molar-refractivity contribution is 6.07. The molecule has 1 aliphatic heterocycles. The van der Waals surface area contributed by atoms with Crippen molar-refractivity contribution in [3.8, 4) is 17.6 Å². The molecule has 0 fully saturated rings. The van der Waals surface area contributed by atoms with Gasteiger partial charge in [0.15, 0.2) is 11.5 Å². The van der Waals surface area contributed by atoms with Crippen molar-refractivity contribution in [2.24, 2.45) is 0 Å². The molecule has 1 aliphatic rings. The van der Waals surface area contributed by atoms with Crippen LogP contribution in [0.4, 0.5) is 5.69 Å². The smallest absolute Gasteiger partial charge is 0.267 e. The zero-order chi connectivity index (χ0) is 19.4. The van der Waals surface area contributed by atoms with E-state index in [-0.39, 0.29) is 12.4 Å². The summed E-state index contributed by atoms with van der Waals surface area (Å²) in [6.07, 6.45) is 1.43. The SMILES string of the molecule is Cc1cc(C)c(NC(=O)/C(C#N)=C\NCc2ccc3c(c2)OCO3)c(C)c1. The van der Waals surface area contributed by atoms with Crippen molar-refractivity contribution >= 4 is 11.6 Å². The molecule has 3 rings (SSSR count). The number of fused-ring (bicyclic) bond motifs is 1. The Morgan fingerprint density at radius 3 is 2.56 bits per heavy atom. The molecule has 27 heavy (non-hydrogen) atoms. The summed E-state index contributed by atoms with van der Waals surface area (Å²) in [4.78, 5) is 12.5. The van der Waals surface area contributed by atoms with Crippen LogP contribution in [-0.2, 0) is 11.3 Å². The zero-order valence-corrected chi connectivity index (χ0v) is 15.6. The summed E-state index contributed by atoms with van der Waals surface area (Å²) < 4.78 is 10.6. The molecule has 0 atom stereocenters. The second-order valence-electron chi connectivity index (χ2n) is 6.47. The molecule has 2 N–H and O–H groups in total. The number of nitriles is 1. The van der Waals surface area contributed by atoms with Crippen LogP contribution in [0, 0.1) is 32.1 Å². The Morgan fingerprint density at radius 2 is 1.85 bits per heavy atom. The fourth-order valence-corrected chi connectivity index (χ4v) is 3.03. The Bertz CT molecular complexity index is 935. The lowest BCUT2D eigenvalue weighted by Crippen LogP contribution is -2.18. The van der Waals surface area contributed by atoms with Gasteiger partial charge in [0.25, 0.3) is 5.91 Å². The van der Waals surface area contributed by atoms with Crippen molar-refractivity contribution in [2.75, 3.05) is 12.1 Å². The van der Waals surface area contributed by atoms with Gasteiger partial charge < -0.3 is 20.1 Å². The lowest BCUT2D eigenvalue weighted by molar-refractivity contribution is -0.112. The third-order valence-electron chi connectivity index (χ3n) is 4.27. The molecule has 6 heteroatoms. The number of carbonyl (C=O) groups is 1. The van der Waals surface area contributed by atoms with Gasteiger partial charge in [0.1, 0.15) is 11.6 Å². The molecule has 0 spiro atoms. The van der Waals surface area contributed by atoms with Gasteiger partial charge in [-0.2, -0.15) is 5.26 Å². The van der Waals surface area contributed by atoms with E-state index in [2.05, 4.69) is 10.6 Å². The van der Waals surface area contributed by atoms with Crippen LogP contribution >= 0.6 is 0 Å². The quantitative estimate of drug-likeness (QED) is 0.628. The van der Waals surface area contributed by atoms with Crippen LogP contribution in [0.25, 0.3) is 0 Å². The van der Waals surface area contributed by atoms with Gasteiger partial charge in [-0.05, 0) is 49.6 Å². The van der Waals surface area contributed by atoms with Gasteiger partial charge in [0.2, 0.25) is 6.79 Å². The number of anilines is 1. The molecule has 0 saturated carbocycles. The Labute approximate surface area is 158 Å². The Hall–Kier alpha value is -3.46. The maximum Gasteiger partial charge on any atom is 0.267 e. The van der Waals surface area contributed by atoms with Crippen LogP contribution in [0.1, 0.15) is 22.3 Å². The van der Waals surface area contributed by atoms with E-state index in [1.807, 2.05) is 57.2 Å². The average molecular weight is 363 g/mol. The summed E-state index contributed by atoms with van der Waals surface area (Å²) in [6, 6.07) is 11.5. The van der Waals surface area contributed by atoms with Crippen molar-refractivity contribution in [3.05, 3.63) is 64.4 Å². The molecule has 1 heterocycles. The average Bonchev–Trinajstić information content (AvgIpc) is 3.09. The number of nitrogens with one attached hydrogen (secondary N) is 2. The van der Waals surface area contributed by atoms with Crippen LogP contribution in [0.3, 0.4) is 0 Å². The van der Waals surface area contributed by atoms with Crippen LogP contribution in [0.2, 0.25) is 0 Å². The summed E-state index contributed by atoms with van der Waals surface area (Å²) in [5.41, 5.74) is 4.76. The van der Waals surface area contributed by atoms with Gasteiger partial charge in [-0.25, -0.2) is 0 Å². The topological polar surface area (TPSA) is 83.4 Å². The minimum Gasteiger partial charge on any atom is -0.454 e. The standard InChI is InChI=1S/C21H21N3O3/c1-13-6-14(2)20(15(3)7-13)24-21(25)17(9-22)11-23-10-16-4-5-18-19(8-16)27-12-26-18/h4-8,11,23H,10,12H2,1-3H3,(H,24,25)/b17-11-. The normalized spacial score (nSPS) is 12.4. The highest BCUT2D eigenvalue weighted by atomic mass is 16.7. The first-order valence-corrected chi connectivity index (χ1v) is 8.59. The van der Waals surface area contributed by atoms with Gasteiger partial charge in [0, 0.05) is 18.4 Å². The van der Waals surface area contributed by atoms with Gasteiger partial charge in [-0.1, -0.05) is 23.8 Å². The van der Waals surface area contributed by atoms with E-state index >= 15 is 0 Å². The summed E-state index contributed by atoms with van der Waals surface area (Å²) in [6.45, 7) is 6.55. The van der Waals surface area contributed by atoms with E-state index in [0.29, 0.717) is 12.3 Å². The number of rotatable bonds is 5. The first kappa shape index (κ1) is 18.3. The van der Waals surface area contributed by atoms with Crippen LogP contribution in [0.15, 0.2) is 42.1 Å². The number of hydrogen-bond donors (Lipinski definition) is 2. The summed E-state index contributed by atoms with van der Waals surface area (Å²) in [5, 5.41) is 15.2. The predicted molar refractivity (Wildman–Crippen MR) is 102 cm³/mol. The maximum absolute atomic E-state index is 12.5. The summed E-state index contributed by atoms with van der Waals surface area (Å²) in [5.74, 6) is 0.975. The molecule has 2 aromatic carbocycles. The molecule has 0 bridgehead atoms. The minimum absolute atomic E-state index is 0.00937. The largest absolute Gasteiger partial charge is 0.454 e. The van der Waals surface area contributed by atoms with E-state index in [4.69, 9.17) is 9.47 Å². The number of benzene rings is 2. The monoisotopic (exact) mass is 363 g/mol. The van der Waals surface area contributed by atoms with E-state index in [1.165, 1.54) is 6.20 Å². The number of hydrogen-bond acceptors (Lipinski definition) is 5. The molecule has 1 amide bonds. The number of amides is 1. The number of nitrogens with zero attached hydrogens (tertiary/aromatic N) is 1. The lowest BCUT2D eigenvalue weighted by Gasteiger charge is -2.12. The van der Waals surface area contributed by atoms with Gasteiger partial charge in [0.05, 0.1) is 0 Å². The zero-order valence-electron chi connectivity index (χ0n) is 15.6. The molecule has 0 radical (unpaired) electrons. The van der Waals surface area contributed by atoms with Gasteiger partial charge in [-0.3, -0.25) is 4.79 Å². The summed E-state index contributed by atoms with van der Waals surface area (Å²) in [7, 11) is 0. The number of carbonyl (C=O) groups excluding carboxylic acids is 1. The molecule has 0 unspecified atom stereocenters. The molecule has 0 aliphatic carbocycles. The van der Waals surface area contributed by atoms with Crippen LogP contribution in [-0.4, -0.2) is 12.7 Å². The Morgan fingerprint density at radius 1 is 1.15 bits per heavy atom. The molecule has 2 aromatic rings. The lowest BCUT2D eigenvalue weighted by atomic mass is 10.0. The second-order valence-corrected chi connectivity index (χ2v) is 6.47. The van der Waals surface area contributed by atoms with Gasteiger partial charge in [-0.15, -0.1) is 0 Å². The first-order chi connectivity index (χ1) is 13.0. The molecule has 0 saturated heterocycles. The van der Waals surface area contributed by atoms with Crippen molar-refractivity contribution in [1.29, 1.82) is 5.26 Å². The molecular formula is C21H21N3O3. The van der Waals surface area contributed by atoms with Crippen molar-refractivity contribution in [1.82, 2.24) is 5.32 Å². The van der Waals surface area contributed by atoms with Crippen molar-refractivity contribution < 1.29 is 14.3 Å². The van der Waals surface area contributed by atoms with Gasteiger partial charge >= 0.3 is 0 Å².